The van der Waals surface area contributed by atoms with E-state index in [2.05, 4.69) is 0 Å². The molecule has 3 heterocycles. The summed E-state index contributed by atoms with van der Waals surface area (Å²) in [4.78, 5) is 38.9. The van der Waals surface area contributed by atoms with Gasteiger partial charge in [0.1, 0.15) is 34.8 Å². The minimum atomic E-state index is -1.10. The Morgan fingerprint density at radius 1 is 0.950 bits per heavy atom. The quantitative estimate of drug-likeness (QED) is 0.247. The Hall–Kier alpha value is -5.51. The maximum absolute atomic E-state index is 13.4. The van der Waals surface area contributed by atoms with E-state index in [9.17, 15) is 19.5 Å². The van der Waals surface area contributed by atoms with E-state index in [1.807, 2.05) is 12.1 Å². The minimum absolute atomic E-state index is 0.00550. The minimum Gasteiger partial charge on any atom is -0.508 e. The second kappa shape index (κ2) is 9.66. The number of rotatable bonds is 5. The summed E-state index contributed by atoms with van der Waals surface area (Å²) in [6, 6.07) is 19.7. The van der Waals surface area contributed by atoms with Crippen LogP contribution in [0.4, 0.5) is 0 Å². The van der Waals surface area contributed by atoms with Crippen molar-refractivity contribution >= 4 is 27.9 Å². The van der Waals surface area contributed by atoms with Crippen LogP contribution in [0.1, 0.15) is 22.6 Å². The molecule has 0 spiro atoms. The number of methoxy groups -OCH3 is 1. The van der Waals surface area contributed by atoms with E-state index in [0.29, 0.717) is 16.5 Å². The number of phenolic OH excluding ortho intramolecular Hbond substituents is 1. The SMILES string of the molecule is COC(=O)C1=C(N)Oc2c(c(=O)oc3cc(O)ccc23)C1c1ccccc1OCc1cc2ccccc2oc1=O. The molecule has 3 aromatic carbocycles. The maximum Gasteiger partial charge on any atom is 0.344 e. The van der Waals surface area contributed by atoms with Crippen LogP contribution in [-0.4, -0.2) is 18.2 Å². The smallest absolute Gasteiger partial charge is 0.344 e. The van der Waals surface area contributed by atoms with Gasteiger partial charge in [0, 0.05) is 17.0 Å². The van der Waals surface area contributed by atoms with Gasteiger partial charge in [0.15, 0.2) is 5.75 Å². The number of ether oxygens (including phenoxy) is 3. The summed E-state index contributed by atoms with van der Waals surface area (Å²) in [6.07, 6.45) is 0. The van der Waals surface area contributed by atoms with Crippen LogP contribution in [0.15, 0.2) is 103 Å². The van der Waals surface area contributed by atoms with Crippen LogP contribution in [0.3, 0.4) is 0 Å². The van der Waals surface area contributed by atoms with Crippen LogP contribution in [-0.2, 0) is 16.1 Å². The highest BCUT2D eigenvalue weighted by atomic mass is 16.5. The van der Waals surface area contributed by atoms with Gasteiger partial charge in [-0.3, -0.25) is 0 Å². The zero-order chi connectivity index (χ0) is 28.0. The predicted octanol–water partition coefficient (Wildman–Crippen LogP) is 4.05. The summed E-state index contributed by atoms with van der Waals surface area (Å²) in [5, 5.41) is 11.0. The van der Waals surface area contributed by atoms with Gasteiger partial charge in [-0.15, -0.1) is 0 Å². The monoisotopic (exact) mass is 539 g/mol. The number of aromatic hydroxyl groups is 1. The van der Waals surface area contributed by atoms with Gasteiger partial charge in [-0.25, -0.2) is 14.4 Å². The molecule has 0 saturated carbocycles. The zero-order valence-electron chi connectivity index (χ0n) is 21.0. The number of phenols is 1. The molecule has 1 aliphatic rings. The Kier molecular flexibility index (Phi) is 5.99. The first-order chi connectivity index (χ1) is 19.4. The van der Waals surface area contributed by atoms with Crippen molar-refractivity contribution in [3.8, 4) is 17.2 Å². The molecule has 0 radical (unpaired) electrons. The molecule has 0 bridgehead atoms. The van der Waals surface area contributed by atoms with E-state index in [0.717, 1.165) is 5.39 Å². The third-order valence-electron chi connectivity index (χ3n) is 6.66. The van der Waals surface area contributed by atoms with Crippen molar-refractivity contribution in [3.63, 3.8) is 0 Å². The number of para-hydroxylation sites is 2. The Morgan fingerprint density at radius 2 is 1.70 bits per heavy atom. The van der Waals surface area contributed by atoms with E-state index in [4.69, 9.17) is 28.8 Å². The number of carbonyl (C=O) groups is 1. The molecular weight excluding hydrogens is 518 g/mol. The highest BCUT2D eigenvalue weighted by molar-refractivity contribution is 5.95. The Labute approximate surface area is 225 Å². The Balaban J connectivity index is 1.50. The highest BCUT2D eigenvalue weighted by Crippen LogP contribution is 2.46. The normalized spacial score (nSPS) is 14.6. The summed E-state index contributed by atoms with van der Waals surface area (Å²) < 4.78 is 27.8. The second-order valence-electron chi connectivity index (χ2n) is 9.04. The second-order valence-corrected chi connectivity index (χ2v) is 9.04. The lowest BCUT2D eigenvalue weighted by molar-refractivity contribution is -0.136. The molecular formula is C30H21NO9. The molecule has 6 rings (SSSR count). The number of esters is 1. The lowest BCUT2D eigenvalue weighted by atomic mass is 9.82. The number of hydrogen-bond donors (Lipinski definition) is 2. The number of hydrogen-bond acceptors (Lipinski definition) is 10. The van der Waals surface area contributed by atoms with Crippen molar-refractivity contribution in [2.24, 2.45) is 5.73 Å². The van der Waals surface area contributed by atoms with Crippen molar-refractivity contribution in [1.82, 2.24) is 0 Å². The molecule has 1 unspecified atom stereocenters. The first kappa shape index (κ1) is 24.8. The van der Waals surface area contributed by atoms with Crippen molar-refractivity contribution < 1.29 is 32.9 Å². The molecule has 0 aliphatic carbocycles. The average Bonchev–Trinajstić information content (AvgIpc) is 2.95. The summed E-state index contributed by atoms with van der Waals surface area (Å²) in [6.45, 7) is -0.154. The summed E-state index contributed by atoms with van der Waals surface area (Å²) in [5.74, 6) is -1.95. The largest absolute Gasteiger partial charge is 0.508 e. The first-order valence-electron chi connectivity index (χ1n) is 12.1. The molecule has 1 aliphatic heterocycles. The van der Waals surface area contributed by atoms with Crippen LogP contribution in [0.25, 0.3) is 21.9 Å². The predicted molar refractivity (Wildman–Crippen MR) is 143 cm³/mol. The fourth-order valence-electron chi connectivity index (χ4n) is 4.84. The van der Waals surface area contributed by atoms with Crippen molar-refractivity contribution in [1.29, 1.82) is 0 Å². The molecule has 2 aromatic heterocycles. The van der Waals surface area contributed by atoms with Crippen LogP contribution in [0.2, 0.25) is 0 Å². The van der Waals surface area contributed by atoms with Crippen LogP contribution in [0, 0.1) is 0 Å². The van der Waals surface area contributed by atoms with Crippen LogP contribution >= 0.6 is 0 Å². The summed E-state index contributed by atoms with van der Waals surface area (Å²) in [5.41, 5.74) is 5.92. The first-order valence-corrected chi connectivity index (χ1v) is 12.1. The third kappa shape index (κ3) is 4.11. The summed E-state index contributed by atoms with van der Waals surface area (Å²) >= 11 is 0. The Bertz CT molecular complexity index is 1970. The fraction of sp³-hybridized carbons (Fsp3) is 0.100. The molecule has 10 nitrogen and oxygen atoms in total. The van der Waals surface area contributed by atoms with Crippen LogP contribution in [0.5, 0.6) is 17.2 Å². The van der Waals surface area contributed by atoms with Gasteiger partial charge in [0.05, 0.1) is 29.5 Å². The van der Waals surface area contributed by atoms with Gasteiger partial charge in [0.25, 0.3) is 0 Å². The lowest BCUT2D eigenvalue weighted by Gasteiger charge is -2.28. The molecule has 0 fully saturated rings. The van der Waals surface area contributed by atoms with Gasteiger partial charge in [-0.05, 0) is 30.3 Å². The third-order valence-corrected chi connectivity index (χ3v) is 6.66. The van der Waals surface area contributed by atoms with Gasteiger partial charge < -0.3 is 33.9 Å². The number of carbonyl (C=O) groups excluding carboxylic acids is 1. The number of nitrogens with two attached hydrogens (primary N) is 1. The van der Waals surface area contributed by atoms with Crippen molar-refractivity contribution in [3.05, 3.63) is 122 Å². The average molecular weight is 539 g/mol. The van der Waals surface area contributed by atoms with E-state index >= 15 is 0 Å². The molecule has 40 heavy (non-hydrogen) atoms. The molecule has 200 valence electrons. The molecule has 5 aromatic rings. The van der Waals surface area contributed by atoms with Gasteiger partial charge in [-0.1, -0.05) is 36.4 Å². The molecule has 1 atom stereocenters. The molecule has 0 amide bonds. The highest BCUT2D eigenvalue weighted by Gasteiger charge is 2.40. The van der Waals surface area contributed by atoms with Gasteiger partial charge >= 0.3 is 17.2 Å². The van der Waals surface area contributed by atoms with Crippen LogP contribution < -0.4 is 26.5 Å². The van der Waals surface area contributed by atoms with E-state index in [1.54, 1.807) is 42.5 Å². The molecule has 10 heteroatoms. The molecule has 0 saturated heterocycles. The fourth-order valence-corrected chi connectivity index (χ4v) is 4.84. The van der Waals surface area contributed by atoms with E-state index in [-0.39, 0.29) is 52.0 Å². The number of benzene rings is 3. The maximum atomic E-state index is 13.4. The topological polar surface area (TPSA) is 151 Å². The van der Waals surface area contributed by atoms with E-state index in [1.165, 1.54) is 25.3 Å². The van der Waals surface area contributed by atoms with Gasteiger partial charge in [-0.2, -0.15) is 0 Å². The number of fused-ring (bicyclic) bond motifs is 4. The molecule has 3 N–H and O–H groups in total. The van der Waals surface area contributed by atoms with Gasteiger partial charge in [0.2, 0.25) is 5.88 Å². The lowest BCUT2D eigenvalue weighted by Crippen LogP contribution is -2.31. The standard InChI is InChI=1S/C30H21NO9/c1-36-29(34)25-23(24-26(40-27(25)31)19-11-10-17(32)13-22(19)39-30(24)35)18-7-3-5-9-21(18)37-14-16-12-15-6-2-4-8-20(15)38-28(16)33/h2-13,23,32H,14,31H2,1H3. The Morgan fingerprint density at radius 3 is 2.52 bits per heavy atom. The summed E-state index contributed by atoms with van der Waals surface area (Å²) in [7, 11) is 1.18. The van der Waals surface area contributed by atoms with Crippen molar-refractivity contribution in [2.45, 2.75) is 12.5 Å². The van der Waals surface area contributed by atoms with E-state index < -0.39 is 23.1 Å². The zero-order valence-corrected chi connectivity index (χ0v) is 21.0. The van der Waals surface area contributed by atoms with Crippen molar-refractivity contribution in [2.75, 3.05) is 7.11 Å².